The maximum Gasteiger partial charge on any atom is 0.327 e. The van der Waals surface area contributed by atoms with Gasteiger partial charge < -0.3 is 16.2 Å². The Labute approximate surface area is 175 Å². The van der Waals surface area contributed by atoms with Crippen molar-refractivity contribution in [3.8, 4) is 0 Å². The number of imide groups is 1. The van der Waals surface area contributed by atoms with Crippen LogP contribution in [0, 0.1) is 6.07 Å². The monoisotopic (exact) mass is 408 g/mol. The van der Waals surface area contributed by atoms with Crippen molar-refractivity contribution < 1.29 is 19.5 Å². The summed E-state index contributed by atoms with van der Waals surface area (Å²) in [6.45, 7) is 0.653. The Balaban J connectivity index is 1.88. The van der Waals surface area contributed by atoms with Gasteiger partial charge in [0.2, 0.25) is 11.8 Å². The van der Waals surface area contributed by atoms with Gasteiger partial charge in [0.1, 0.15) is 6.04 Å². The molecule has 0 spiro atoms. The third kappa shape index (κ3) is 5.31. The molecule has 0 bridgehead atoms. The number of nitrogens with two attached hydrogens (primary N) is 1. The lowest BCUT2D eigenvalue weighted by Gasteiger charge is -2.31. The first-order valence-corrected chi connectivity index (χ1v) is 10.1. The molecule has 3 rings (SSSR count). The molecule has 1 aliphatic heterocycles. The van der Waals surface area contributed by atoms with E-state index in [1.807, 2.05) is 12.1 Å². The number of carboxylic acid groups (broad SMARTS) is 1. The highest BCUT2D eigenvalue weighted by Gasteiger charge is 2.40. The van der Waals surface area contributed by atoms with E-state index in [2.05, 4.69) is 11.4 Å². The molecule has 1 saturated heterocycles. The van der Waals surface area contributed by atoms with Gasteiger partial charge in [0, 0.05) is 6.42 Å². The van der Waals surface area contributed by atoms with Crippen LogP contribution in [0.5, 0.6) is 0 Å². The van der Waals surface area contributed by atoms with Crippen molar-refractivity contribution in [1.29, 1.82) is 0 Å². The molecule has 0 saturated carbocycles. The number of rotatable bonds is 8. The van der Waals surface area contributed by atoms with Crippen LogP contribution in [0.3, 0.4) is 0 Å². The summed E-state index contributed by atoms with van der Waals surface area (Å²) in [5.41, 5.74) is 7.59. The van der Waals surface area contributed by atoms with Crippen LogP contribution in [-0.4, -0.2) is 52.5 Å². The van der Waals surface area contributed by atoms with E-state index in [1.54, 1.807) is 42.5 Å². The number of nitrogens with zero attached hydrogens (tertiary/aromatic N) is 1. The van der Waals surface area contributed by atoms with Gasteiger partial charge >= 0.3 is 5.97 Å². The molecule has 1 fully saturated rings. The smallest absolute Gasteiger partial charge is 0.327 e. The van der Waals surface area contributed by atoms with E-state index >= 15 is 0 Å². The highest BCUT2D eigenvalue weighted by atomic mass is 16.4. The summed E-state index contributed by atoms with van der Waals surface area (Å²) in [7, 11) is 0. The Morgan fingerprint density at radius 1 is 1.13 bits per heavy atom. The standard InChI is InChI=1S/C23H26N3O4/c24-18(14-16-8-3-1-4-9-16)21(27)26(22(28)19-12-7-13-25-19)20(23(29)30)15-17-10-5-2-6-11-17/h1-6,8,10-11,18-20,25H,7,12-15,24H2,(H,29,30). The van der Waals surface area contributed by atoms with Crippen LogP contribution in [0.2, 0.25) is 0 Å². The number of carboxylic acids is 1. The molecular weight excluding hydrogens is 382 g/mol. The van der Waals surface area contributed by atoms with Gasteiger partial charge in [-0.3, -0.25) is 14.5 Å². The first-order chi connectivity index (χ1) is 14.5. The second-order valence-electron chi connectivity index (χ2n) is 7.44. The first kappa shape index (κ1) is 21.7. The van der Waals surface area contributed by atoms with Crippen LogP contribution < -0.4 is 11.1 Å². The van der Waals surface area contributed by atoms with E-state index in [-0.39, 0.29) is 12.8 Å². The fraction of sp³-hybridized carbons (Fsp3) is 0.348. The molecule has 2 aromatic carbocycles. The summed E-state index contributed by atoms with van der Waals surface area (Å²) in [6, 6.07) is 16.1. The minimum absolute atomic E-state index is 0.0184. The van der Waals surface area contributed by atoms with E-state index < -0.39 is 35.9 Å². The normalized spacial score (nSPS) is 17.8. The van der Waals surface area contributed by atoms with Crippen LogP contribution in [0.15, 0.2) is 54.6 Å². The van der Waals surface area contributed by atoms with Crippen LogP contribution in [0.4, 0.5) is 0 Å². The summed E-state index contributed by atoms with van der Waals surface area (Å²) in [6.07, 6.45) is 1.53. The number of hydrogen-bond donors (Lipinski definition) is 3. The van der Waals surface area contributed by atoms with Crippen LogP contribution in [0.1, 0.15) is 24.0 Å². The van der Waals surface area contributed by atoms with Gasteiger partial charge in [-0.2, -0.15) is 0 Å². The largest absolute Gasteiger partial charge is 0.480 e. The SMILES string of the molecule is NC(Cc1[c]cccc1)C(=O)N(C(=O)C1CCCN1)C(Cc1ccccc1)C(=O)O. The summed E-state index contributed by atoms with van der Waals surface area (Å²) in [5.74, 6) is -2.46. The molecule has 2 aromatic rings. The van der Waals surface area contributed by atoms with Gasteiger partial charge in [-0.15, -0.1) is 0 Å². The third-order valence-corrected chi connectivity index (χ3v) is 5.23. The molecule has 7 nitrogen and oxygen atoms in total. The van der Waals surface area contributed by atoms with Crippen LogP contribution in [0.25, 0.3) is 0 Å². The van der Waals surface area contributed by atoms with E-state index in [0.29, 0.717) is 13.0 Å². The lowest BCUT2D eigenvalue weighted by atomic mass is 10.00. The summed E-state index contributed by atoms with van der Waals surface area (Å²) >= 11 is 0. The zero-order chi connectivity index (χ0) is 21.5. The number of aliphatic carboxylic acids is 1. The molecule has 0 aliphatic carbocycles. The third-order valence-electron chi connectivity index (χ3n) is 5.23. The number of nitrogens with one attached hydrogen (secondary N) is 1. The van der Waals surface area contributed by atoms with Crippen LogP contribution in [-0.2, 0) is 27.2 Å². The van der Waals surface area contributed by atoms with Gasteiger partial charge in [0.15, 0.2) is 0 Å². The topological polar surface area (TPSA) is 113 Å². The number of benzene rings is 2. The average Bonchev–Trinajstić information content (AvgIpc) is 3.29. The predicted molar refractivity (Wildman–Crippen MR) is 111 cm³/mol. The summed E-state index contributed by atoms with van der Waals surface area (Å²) < 4.78 is 0. The van der Waals surface area contributed by atoms with Crippen molar-refractivity contribution >= 4 is 17.8 Å². The van der Waals surface area contributed by atoms with E-state index in [0.717, 1.165) is 22.4 Å². The molecule has 1 heterocycles. The molecule has 157 valence electrons. The van der Waals surface area contributed by atoms with Gasteiger partial charge in [-0.25, -0.2) is 4.79 Å². The molecule has 0 aromatic heterocycles. The van der Waals surface area contributed by atoms with Crippen molar-refractivity contribution in [2.24, 2.45) is 5.73 Å². The number of carbonyl (C=O) groups excluding carboxylic acids is 2. The fourth-order valence-electron chi connectivity index (χ4n) is 3.67. The van der Waals surface area contributed by atoms with Gasteiger partial charge in [0.05, 0.1) is 12.1 Å². The fourth-order valence-corrected chi connectivity index (χ4v) is 3.67. The lowest BCUT2D eigenvalue weighted by molar-refractivity contribution is -0.159. The molecule has 2 amide bonds. The number of amides is 2. The maximum absolute atomic E-state index is 13.3. The van der Waals surface area contributed by atoms with Crippen molar-refractivity contribution in [1.82, 2.24) is 10.2 Å². The zero-order valence-electron chi connectivity index (χ0n) is 16.7. The minimum atomic E-state index is -1.33. The molecule has 1 radical (unpaired) electrons. The Morgan fingerprint density at radius 3 is 2.47 bits per heavy atom. The van der Waals surface area contributed by atoms with Gasteiger partial charge in [0.25, 0.3) is 0 Å². The molecule has 3 atom stereocenters. The molecule has 3 unspecified atom stereocenters. The van der Waals surface area contributed by atoms with E-state index in [4.69, 9.17) is 5.73 Å². The van der Waals surface area contributed by atoms with E-state index in [1.165, 1.54) is 0 Å². The second-order valence-corrected chi connectivity index (χ2v) is 7.44. The Bertz CT molecular complexity index is 867. The van der Waals surface area contributed by atoms with E-state index in [9.17, 15) is 19.5 Å². The molecule has 1 aliphatic rings. The Kier molecular flexibility index (Phi) is 7.32. The van der Waals surface area contributed by atoms with Crippen molar-refractivity contribution in [3.63, 3.8) is 0 Å². The van der Waals surface area contributed by atoms with Gasteiger partial charge in [-0.1, -0.05) is 54.6 Å². The molecular formula is C23H26N3O4. The van der Waals surface area contributed by atoms with Gasteiger partial charge in [-0.05, 0) is 43.0 Å². The highest BCUT2D eigenvalue weighted by Crippen LogP contribution is 2.17. The lowest BCUT2D eigenvalue weighted by Crippen LogP contribution is -2.59. The first-order valence-electron chi connectivity index (χ1n) is 10.1. The minimum Gasteiger partial charge on any atom is -0.480 e. The van der Waals surface area contributed by atoms with Crippen molar-refractivity contribution in [2.45, 2.75) is 43.8 Å². The Hall–Kier alpha value is -3.03. The average molecular weight is 408 g/mol. The Morgan fingerprint density at radius 2 is 1.87 bits per heavy atom. The highest BCUT2D eigenvalue weighted by molar-refractivity contribution is 6.03. The molecule has 7 heteroatoms. The maximum atomic E-state index is 13.3. The summed E-state index contributed by atoms with van der Waals surface area (Å²) in [5, 5.41) is 13.0. The predicted octanol–water partition coefficient (Wildman–Crippen LogP) is 1.16. The van der Waals surface area contributed by atoms with Crippen LogP contribution >= 0.6 is 0 Å². The zero-order valence-corrected chi connectivity index (χ0v) is 16.7. The number of carbonyl (C=O) groups is 3. The van der Waals surface area contributed by atoms with Crippen molar-refractivity contribution in [2.75, 3.05) is 6.54 Å². The number of hydrogen-bond acceptors (Lipinski definition) is 5. The molecule has 4 N–H and O–H groups in total. The second kappa shape index (κ2) is 10.1. The molecule has 30 heavy (non-hydrogen) atoms. The summed E-state index contributed by atoms with van der Waals surface area (Å²) in [4.78, 5) is 39.5. The van der Waals surface area contributed by atoms with Crippen molar-refractivity contribution in [3.05, 3.63) is 71.8 Å². The quantitative estimate of drug-likeness (QED) is 0.604.